The molecule has 2 aromatic carbocycles. The highest BCUT2D eigenvalue weighted by molar-refractivity contribution is 6.06. The molecule has 3 aromatic rings. The van der Waals surface area contributed by atoms with Crippen LogP contribution in [0.2, 0.25) is 0 Å². The molecule has 0 fully saturated rings. The Balaban J connectivity index is 2.02. The average Bonchev–Trinajstić information content (AvgIpc) is 2.56. The number of fused-ring (bicyclic) bond motifs is 1. The van der Waals surface area contributed by atoms with Crippen LogP contribution in [0, 0.1) is 5.82 Å². The fourth-order valence-electron chi connectivity index (χ4n) is 2.52. The van der Waals surface area contributed by atoms with Gasteiger partial charge in [0, 0.05) is 17.3 Å². The van der Waals surface area contributed by atoms with Gasteiger partial charge in [-0.25, -0.2) is 4.39 Å². The summed E-state index contributed by atoms with van der Waals surface area (Å²) in [5.41, 5.74) is 1.20. The Labute approximate surface area is 132 Å². The number of hydrogen-bond donors (Lipinski definition) is 2. The van der Waals surface area contributed by atoms with Gasteiger partial charge in [-0.1, -0.05) is 31.2 Å². The standard InChI is InChI=1S/C18H15FN2O2/c1-2-11-6-3-4-9-15(11)21-18(23)13-10-20-16-12(17(13)22)7-5-8-14(16)19/h3-10H,2H2,1H3,(H,20,22)(H,21,23). The van der Waals surface area contributed by atoms with Crippen LogP contribution in [0.1, 0.15) is 22.8 Å². The highest BCUT2D eigenvalue weighted by Crippen LogP contribution is 2.17. The number of pyridine rings is 1. The van der Waals surface area contributed by atoms with Gasteiger partial charge in [0.2, 0.25) is 5.43 Å². The summed E-state index contributed by atoms with van der Waals surface area (Å²) in [7, 11) is 0. The zero-order valence-corrected chi connectivity index (χ0v) is 12.5. The molecule has 0 bridgehead atoms. The van der Waals surface area contributed by atoms with Crippen molar-refractivity contribution in [3.63, 3.8) is 0 Å². The Hall–Kier alpha value is -2.95. The Bertz CT molecular complexity index is 947. The van der Waals surface area contributed by atoms with Gasteiger partial charge in [-0.3, -0.25) is 9.59 Å². The van der Waals surface area contributed by atoms with Gasteiger partial charge in [-0.2, -0.15) is 0 Å². The molecule has 0 aliphatic carbocycles. The first-order chi connectivity index (χ1) is 11.1. The van der Waals surface area contributed by atoms with Crippen LogP contribution in [0.3, 0.4) is 0 Å². The first-order valence-corrected chi connectivity index (χ1v) is 7.31. The van der Waals surface area contributed by atoms with Crippen molar-refractivity contribution in [2.24, 2.45) is 0 Å². The number of nitrogens with one attached hydrogen (secondary N) is 2. The molecule has 0 unspecified atom stereocenters. The van der Waals surface area contributed by atoms with E-state index in [1.807, 2.05) is 25.1 Å². The lowest BCUT2D eigenvalue weighted by Crippen LogP contribution is -2.22. The number of hydrogen-bond acceptors (Lipinski definition) is 2. The predicted molar refractivity (Wildman–Crippen MR) is 88.3 cm³/mol. The van der Waals surface area contributed by atoms with E-state index in [2.05, 4.69) is 10.3 Å². The summed E-state index contributed by atoms with van der Waals surface area (Å²) >= 11 is 0. The number of benzene rings is 2. The molecule has 5 heteroatoms. The molecule has 2 N–H and O–H groups in total. The molecule has 0 spiro atoms. The summed E-state index contributed by atoms with van der Waals surface area (Å²) < 4.78 is 13.7. The first kappa shape index (κ1) is 15.0. The van der Waals surface area contributed by atoms with Crippen molar-refractivity contribution in [2.75, 3.05) is 5.32 Å². The number of halogens is 1. The maximum atomic E-state index is 13.7. The van der Waals surface area contributed by atoms with Crippen LogP contribution in [0.5, 0.6) is 0 Å². The molecule has 0 radical (unpaired) electrons. The van der Waals surface area contributed by atoms with E-state index in [0.717, 1.165) is 12.0 Å². The summed E-state index contributed by atoms with van der Waals surface area (Å²) in [5, 5.41) is 2.90. The van der Waals surface area contributed by atoms with E-state index in [-0.39, 0.29) is 16.5 Å². The molecule has 4 nitrogen and oxygen atoms in total. The molecule has 0 saturated carbocycles. The molecular weight excluding hydrogens is 295 g/mol. The first-order valence-electron chi connectivity index (χ1n) is 7.31. The SMILES string of the molecule is CCc1ccccc1NC(=O)c1c[nH]c2c(F)cccc2c1=O. The number of rotatable bonds is 3. The van der Waals surface area contributed by atoms with Crippen molar-refractivity contribution >= 4 is 22.5 Å². The number of amides is 1. The quantitative estimate of drug-likeness (QED) is 0.778. The summed E-state index contributed by atoms with van der Waals surface area (Å²) in [6.45, 7) is 1.98. The van der Waals surface area contributed by atoms with E-state index >= 15 is 0 Å². The van der Waals surface area contributed by atoms with Gasteiger partial charge in [0.15, 0.2) is 0 Å². The fraction of sp³-hybridized carbons (Fsp3) is 0.111. The van der Waals surface area contributed by atoms with Crippen LogP contribution in [0.4, 0.5) is 10.1 Å². The normalized spacial score (nSPS) is 10.7. The molecule has 116 valence electrons. The second-order valence-electron chi connectivity index (χ2n) is 5.16. The van der Waals surface area contributed by atoms with Gasteiger partial charge in [-0.05, 0) is 30.2 Å². The van der Waals surface area contributed by atoms with Crippen molar-refractivity contribution < 1.29 is 9.18 Å². The molecule has 0 aliphatic rings. The third kappa shape index (κ3) is 2.73. The Morgan fingerprint density at radius 1 is 1.17 bits per heavy atom. The van der Waals surface area contributed by atoms with Crippen LogP contribution in [0.15, 0.2) is 53.5 Å². The fourth-order valence-corrected chi connectivity index (χ4v) is 2.52. The third-order valence-corrected chi connectivity index (χ3v) is 3.75. The summed E-state index contributed by atoms with van der Waals surface area (Å²) in [6, 6.07) is 11.6. The Kier molecular flexibility index (Phi) is 3.93. The summed E-state index contributed by atoms with van der Waals surface area (Å²) in [5.74, 6) is -1.04. The second-order valence-corrected chi connectivity index (χ2v) is 5.16. The van der Waals surface area contributed by atoms with Crippen LogP contribution in [-0.4, -0.2) is 10.9 Å². The van der Waals surface area contributed by atoms with Gasteiger partial charge in [0.1, 0.15) is 11.4 Å². The highest BCUT2D eigenvalue weighted by Gasteiger charge is 2.15. The van der Waals surface area contributed by atoms with Gasteiger partial charge < -0.3 is 10.3 Å². The Morgan fingerprint density at radius 3 is 2.74 bits per heavy atom. The van der Waals surface area contributed by atoms with E-state index in [1.165, 1.54) is 24.4 Å². The smallest absolute Gasteiger partial charge is 0.261 e. The number of carbonyl (C=O) groups excluding carboxylic acids is 1. The molecule has 1 amide bonds. The summed E-state index contributed by atoms with van der Waals surface area (Å²) in [4.78, 5) is 27.5. The number of para-hydroxylation sites is 2. The largest absolute Gasteiger partial charge is 0.358 e. The summed E-state index contributed by atoms with van der Waals surface area (Å²) in [6.07, 6.45) is 2.01. The molecule has 1 heterocycles. The number of aryl methyl sites for hydroxylation is 1. The van der Waals surface area contributed by atoms with Crippen molar-refractivity contribution in [3.05, 3.63) is 75.8 Å². The number of carbonyl (C=O) groups is 1. The van der Waals surface area contributed by atoms with Gasteiger partial charge in [0.05, 0.1) is 5.52 Å². The minimum atomic E-state index is -0.525. The molecule has 0 aliphatic heterocycles. The van der Waals surface area contributed by atoms with Crippen molar-refractivity contribution in [1.29, 1.82) is 0 Å². The molecular formula is C18H15FN2O2. The Morgan fingerprint density at radius 2 is 1.96 bits per heavy atom. The third-order valence-electron chi connectivity index (χ3n) is 3.75. The molecule has 3 rings (SSSR count). The van der Waals surface area contributed by atoms with Crippen LogP contribution in [0.25, 0.3) is 10.9 Å². The van der Waals surface area contributed by atoms with Crippen LogP contribution >= 0.6 is 0 Å². The lowest BCUT2D eigenvalue weighted by Gasteiger charge is -2.10. The zero-order chi connectivity index (χ0) is 16.4. The lowest BCUT2D eigenvalue weighted by molar-refractivity contribution is 0.102. The zero-order valence-electron chi connectivity index (χ0n) is 12.5. The lowest BCUT2D eigenvalue weighted by atomic mass is 10.1. The maximum Gasteiger partial charge on any atom is 0.261 e. The van der Waals surface area contributed by atoms with Gasteiger partial charge in [-0.15, -0.1) is 0 Å². The molecule has 0 saturated heterocycles. The van der Waals surface area contributed by atoms with Crippen LogP contribution < -0.4 is 10.7 Å². The highest BCUT2D eigenvalue weighted by atomic mass is 19.1. The monoisotopic (exact) mass is 310 g/mol. The minimum absolute atomic E-state index is 0.0472. The molecule has 1 aromatic heterocycles. The van der Waals surface area contributed by atoms with Crippen molar-refractivity contribution in [3.8, 4) is 0 Å². The second kappa shape index (κ2) is 6.04. The number of H-pyrrole nitrogens is 1. The number of aromatic nitrogens is 1. The van der Waals surface area contributed by atoms with E-state index in [0.29, 0.717) is 5.69 Å². The molecule has 0 atom stereocenters. The maximum absolute atomic E-state index is 13.7. The van der Waals surface area contributed by atoms with E-state index in [4.69, 9.17) is 0 Å². The number of anilines is 1. The van der Waals surface area contributed by atoms with Gasteiger partial charge >= 0.3 is 0 Å². The number of aromatic amines is 1. The topological polar surface area (TPSA) is 62.0 Å². The average molecular weight is 310 g/mol. The van der Waals surface area contributed by atoms with Crippen molar-refractivity contribution in [2.45, 2.75) is 13.3 Å². The van der Waals surface area contributed by atoms with E-state index in [1.54, 1.807) is 6.07 Å². The minimum Gasteiger partial charge on any atom is -0.358 e. The molecule has 23 heavy (non-hydrogen) atoms. The van der Waals surface area contributed by atoms with E-state index < -0.39 is 17.2 Å². The van der Waals surface area contributed by atoms with Crippen LogP contribution in [-0.2, 0) is 6.42 Å². The van der Waals surface area contributed by atoms with Gasteiger partial charge in [0.25, 0.3) is 5.91 Å². The van der Waals surface area contributed by atoms with Crippen molar-refractivity contribution in [1.82, 2.24) is 4.98 Å². The van der Waals surface area contributed by atoms with E-state index in [9.17, 15) is 14.0 Å². The predicted octanol–water partition coefficient (Wildman–Crippen LogP) is 3.48.